The van der Waals surface area contributed by atoms with E-state index in [0.29, 0.717) is 16.8 Å². The number of ether oxygens (including phenoxy) is 1. The number of amides is 1. The van der Waals surface area contributed by atoms with Gasteiger partial charge in [-0.2, -0.15) is 0 Å². The number of aryl methyl sites for hydroxylation is 1. The van der Waals surface area contributed by atoms with E-state index < -0.39 is 5.41 Å². The maximum Gasteiger partial charge on any atom is 0.302 e. The summed E-state index contributed by atoms with van der Waals surface area (Å²) in [5.41, 5.74) is 2.29. The van der Waals surface area contributed by atoms with Crippen LogP contribution in [0, 0.1) is 57.2 Å². The van der Waals surface area contributed by atoms with E-state index in [1.807, 2.05) is 6.07 Å². The summed E-state index contributed by atoms with van der Waals surface area (Å²) in [5, 5.41) is 3.90. The zero-order chi connectivity index (χ0) is 33.9. The van der Waals surface area contributed by atoms with Crippen LogP contribution < -0.4 is 5.32 Å². The number of rotatable bonds is 3. The van der Waals surface area contributed by atoms with Crippen molar-refractivity contribution in [1.82, 2.24) is 4.98 Å². The van der Waals surface area contributed by atoms with E-state index >= 15 is 0 Å². The molecule has 0 unspecified atom stereocenters. The molecule has 0 radical (unpaired) electrons. The lowest BCUT2D eigenvalue weighted by Gasteiger charge is -2.70. The average Bonchev–Trinajstić information content (AvgIpc) is 3.40. The second-order valence-electron chi connectivity index (χ2n) is 18.1. The van der Waals surface area contributed by atoms with Crippen molar-refractivity contribution in [2.24, 2.45) is 50.2 Å². The molecule has 1 N–H and O–H groups in total. The highest BCUT2D eigenvalue weighted by Crippen LogP contribution is 2.75. The van der Waals surface area contributed by atoms with E-state index in [9.17, 15) is 14.4 Å². The van der Waals surface area contributed by atoms with Crippen molar-refractivity contribution in [3.8, 4) is 0 Å². The Hall–Kier alpha value is -2.54. The maximum atomic E-state index is 14.7. The van der Waals surface area contributed by atoms with Gasteiger partial charge in [-0.1, -0.05) is 77.5 Å². The number of allylic oxidation sites excluding steroid dienone is 2. The number of thiazole rings is 1. The number of nitrogens with zero attached hydrogens (tertiary/aromatic N) is 1. The Kier molecular flexibility index (Phi) is 7.35. The molecular formula is C40H54N2O4S. The first-order valence-electron chi connectivity index (χ1n) is 18.0. The van der Waals surface area contributed by atoms with E-state index in [2.05, 4.69) is 78.9 Å². The lowest BCUT2D eigenvalue weighted by molar-refractivity contribution is -0.210. The van der Waals surface area contributed by atoms with Gasteiger partial charge in [-0.25, -0.2) is 4.98 Å². The van der Waals surface area contributed by atoms with Crippen molar-refractivity contribution in [2.75, 3.05) is 5.32 Å². The number of hydrogen-bond acceptors (Lipinski definition) is 6. The van der Waals surface area contributed by atoms with Gasteiger partial charge in [0.25, 0.3) is 0 Å². The van der Waals surface area contributed by atoms with Crippen molar-refractivity contribution in [2.45, 2.75) is 126 Å². The van der Waals surface area contributed by atoms with E-state index in [1.54, 1.807) is 11.3 Å². The number of carbonyl (C=O) groups is 3. The average molecular weight is 659 g/mol. The van der Waals surface area contributed by atoms with Gasteiger partial charge in [0, 0.05) is 23.7 Å². The zero-order valence-electron chi connectivity index (χ0n) is 30.0. The van der Waals surface area contributed by atoms with Gasteiger partial charge in [0.05, 0.1) is 10.2 Å². The Morgan fingerprint density at radius 3 is 2.38 bits per heavy atom. The van der Waals surface area contributed by atoms with Crippen LogP contribution >= 0.6 is 11.3 Å². The molecule has 254 valence electrons. The largest absolute Gasteiger partial charge is 0.462 e. The van der Waals surface area contributed by atoms with Crippen LogP contribution in [-0.2, 0) is 19.1 Å². The van der Waals surface area contributed by atoms with Gasteiger partial charge in [0.2, 0.25) is 5.91 Å². The molecule has 0 aliphatic heterocycles. The standard InChI is InChI=1S/C40H54N2O4S/c1-23-11-10-12-28-31(23)41-34(47-28)42-33(45)37(6)18-17-36(5)19-20-39(8)25(26(36)22-37)21-27(44)32-38(7)15-14-30(46-24(2)43)35(3,4)29(38)13-16-40(32,39)9/h10-12,21,26,29-30,32H,13-20,22H2,1-9H3,(H,41,42,45)/t26-,29-,30-,32+,36+,37-,38-,39+,40+/m0/s1. The Labute approximate surface area is 284 Å². The molecule has 0 spiro atoms. The molecule has 7 rings (SSSR count). The number of benzene rings is 1. The van der Waals surface area contributed by atoms with Crippen LogP contribution in [-0.4, -0.2) is 28.7 Å². The minimum Gasteiger partial charge on any atom is -0.462 e. The summed E-state index contributed by atoms with van der Waals surface area (Å²) in [6, 6.07) is 6.16. The SMILES string of the molecule is CC(=O)O[C@H]1CC[C@]2(C)[C@H]3C(=O)C=C4[C@@H]5C[C@@](C)(C(=O)Nc6nc7c(C)cccc7s6)CC[C@]5(C)CC[C@@]4(C)[C@]3(C)CC[C@H]2C1(C)C. The van der Waals surface area contributed by atoms with Crippen molar-refractivity contribution < 1.29 is 19.1 Å². The molecular weight excluding hydrogens is 605 g/mol. The number of aromatic nitrogens is 1. The van der Waals surface area contributed by atoms with E-state index in [-0.39, 0.29) is 56.9 Å². The van der Waals surface area contributed by atoms with Crippen molar-refractivity contribution in [3.63, 3.8) is 0 Å². The molecule has 5 aliphatic carbocycles. The van der Waals surface area contributed by atoms with Gasteiger partial charge >= 0.3 is 5.97 Å². The number of fused-ring (bicyclic) bond motifs is 8. The molecule has 0 saturated heterocycles. The third kappa shape index (κ3) is 4.60. The fraction of sp³-hybridized carbons (Fsp3) is 0.700. The molecule has 1 aromatic heterocycles. The first-order valence-corrected chi connectivity index (χ1v) is 18.8. The number of ketones is 1. The van der Waals surface area contributed by atoms with Crippen molar-refractivity contribution in [3.05, 3.63) is 35.4 Å². The molecule has 6 nitrogen and oxygen atoms in total. The summed E-state index contributed by atoms with van der Waals surface area (Å²) in [6.07, 6.45) is 10.5. The molecule has 4 fully saturated rings. The van der Waals surface area contributed by atoms with E-state index in [1.165, 1.54) is 12.5 Å². The lowest BCUT2D eigenvalue weighted by atomic mass is 9.33. The highest BCUT2D eigenvalue weighted by atomic mass is 32.1. The fourth-order valence-electron chi connectivity index (χ4n) is 12.2. The monoisotopic (exact) mass is 658 g/mol. The van der Waals surface area contributed by atoms with E-state index in [4.69, 9.17) is 9.72 Å². The molecule has 2 aromatic rings. The Morgan fingerprint density at radius 1 is 0.957 bits per heavy atom. The molecule has 9 atom stereocenters. The highest BCUT2D eigenvalue weighted by Gasteiger charge is 2.70. The lowest BCUT2D eigenvalue weighted by Crippen LogP contribution is -2.66. The number of hydrogen-bond donors (Lipinski definition) is 1. The minimum absolute atomic E-state index is 0.0511. The number of para-hydroxylation sites is 1. The smallest absolute Gasteiger partial charge is 0.302 e. The van der Waals surface area contributed by atoms with Crippen LogP contribution in [0.3, 0.4) is 0 Å². The first kappa shape index (κ1) is 33.0. The van der Waals surface area contributed by atoms with Crippen LogP contribution in [0.15, 0.2) is 29.8 Å². The summed E-state index contributed by atoms with van der Waals surface area (Å²) < 4.78 is 6.98. The van der Waals surface area contributed by atoms with Gasteiger partial charge in [-0.3, -0.25) is 14.4 Å². The van der Waals surface area contributed by atoms with Crippen LogP contribution in [0.2, 0.25) is 0 Å². The topological polar surface area (TPSA) is 85.4 Å². The normalized spacial score (nSPS) is 42.3. The second-order valence-corrected chi connectivity index (χ2v) is 19.1. The molecule has 1 aromatic carbocycles. The van der Waals surface area contributed by atoms with Crippen LogP contribution in [0.5, 0.6) is 0 Å². The van der Waals surface area contributed by atoms with Gasteiger partial charge in [-0.05, 0) is 116 Å². The molecule has 4 saturated carbocycles. The van der Waals surface area contributed by atoms with Gasteiger partial charge in [-0.15, -0.1) is 0 Å². The summed E-state index contributed by atoms with van der Waals surface area (Å²) in [5.74, 6) is 0.553. The second kappa shape index (κ2) is 10.5. The Bertz CT molecular complexity index is 1710. The zero-order valence-corrected chi connectivity index (χ0v) is 30.8. The fourth-order valence-corrected chi connectivity index (χ4v) is 13.1. The molecule has 1 amide bonds. The number of carbonyl (C=O) groups excluding carboxylic acids is 3. The minimum atomic E-state index is -0.542. The van der Waals surface area contributed by atoms with Gasteiger partial charge in [0.15, 0.2) is 10.9 Å². The summed E-state index contributed by atoms with van der Waals surface area (Å²) in [7, 11) is 0. The number of anilines is 1. The Balaban J connectivity index is 1.21. The molecule has 1 heterocycles. The summed E-state index contributed by atoms with van der Waals surface area (Å²) in [4.78, 5) is 45.7. The molecule has 47 heavy (non-hydrogen) atoms. The maximum absolute atomic E-state index is 14.7. The van der Waals surface area contributed by atoms with Crippen LogP contribution in [0.25, 0.3) is 10.2 Å². The van der Waals surface area contributed by atoms with Crippen LogP contribution in [0.4, 0.5) is 5.13 Å². The first-order chi connectivity index (χ1) is 21.9. The van der Waals surface area contributed by atoms with Gasteiger partial charge in [0.1, 0.15) is 6.10 Å². The molecule has 0 bridgehead atoms. The number of nitrogens with one attached hydrogen (secondary N) is 1. The van der Waals surface area contributed by atoms with E-state index in [0.717, 1.165) is 73.6 Å². The van der Waals surface area contributed by atoms with Gasteiger partial charge < -0.3 is 10.1 Å². The van der Waals surface area contributed by atoms with Crippen LogP contribution in [0.1, 0.15) is 119 Å². The van der Waals surface area contributed by atoms with Crippen molar-refractivity contribution >= 4 is 44.3 Å². The third-order valence-corrected chi connectivity index (χ3v) is 16.1. The summed E-state index contributed by atoms with van der Waals surface area (Å²) in [6.45, 7) is 19.9. The highest BCUT2D eigenvalue weighted by molar-refractivity contribution is 7.22. The quantitative estimate of drug-likeness (QED) is 0.332. The predicted octanol–water partition coefficient (Wildman–Crippen LogP) is 9.46. The predicted molar refractivity (Wildman–Crippen MR) is 188 cm³/mol. The number of esters is 1. The van der Waals surface area contributed by atoms with Crippen molar-refractivity contribution in [1.29, 1.82) is 0 Å². The third-order valence-electron chi connectivity index (χ3n) is 15.2. The molecule has 5 aliphatic rings. The Morgan fingerprint density at radius 2 is 1.68 bits per heavy atom. The molecule has 7 heteroatoms. The summed E-state index contributed by atoms with van der Waals surface area (Å²) >= 11 is 1.54.